The number of rotatable bonds is 1. The molecule has 6 nitrogen and oxygen atoms in total. The maximum Gasteiger partial charge on any atom is 0.200 e. The molecule has 1 aromatic heterocycles. The molecule has 36 heavy (non-hydrogen) atoms. The van der Waals surface area contributed by atoms with Gasteiger partial charge in [-0.1, -0.05) is 78.9 Å². The van der Waals surface area contributed by atoms with Crippen LogP contribution in [0.25, 0.3) is 59.8 Å². The van der Waals surface area contributed by atoms with Gasteiger partial charge in [0, 0.05) is 16.2 Å². The third-order valence-corrected chi connectivity index (χ3v) is 7.34. The van der Waals surface area contributed by atoms with Gasteiger partial charge in [-0.3, -0.25) is 0 Å². The van der Waals surface area contributed by atoms with Gasteiger partial charge in [-0.25, -0.2) is 0 Å². The van der Waals surface area contributed by atoms with E-state index in [-0.39, 0.29) is 5.70 Å². The predicted molar refractivity (Wildman–Crippen MR) is 142 cm³/mol. The first-order valence-electron chi connectivity index (χ1n) is 11.7. The molecule has 0 radical (unpaired) electrons. The highest BCUT2D eigenvalue weighted by atomic mass is 16.4. The van der Waals surface area contributed by atoms with E-state index in [1.165, 1.54) is 0 Å². The molecule has 2 atom stereocenters. The van der Waals surface area contributed by atoms with Crippen molar-refractivity contribution < 1.29 is 25.5 Å². The van der Waals surface area contributed by atoms with E-state index >= 15 is 0 Å². The van der Waals surface area contributed by atoms with Crippen LogP contribution < -0.4 is 0 Å². The standard InChI is InChI=1S/C30H21NO5/c32-26-25(27(33)29(35)30(36)28(26)34)31-21-14-13-15-7-1-2-8-16(15)22(21)23-19-11-5-3-9-17(19)18-10-4-6-12-20(18)24(23)31/h1-14,26,28,32-36H. The highest BCUT2D eigenvalue weighted by molar-refractivity contribution is 6.36. The van der Waals surface area contributed by atoms with E-state index in [1.807, 2.05) is 72.8 Å². The van der Waals surface area contributed by atoms with Crippen LogP contribution in [-0.2, 0) is 0 Å². The van der Waals surface area contributed by atoms with Crippen molar-refractivity contribution in [1.82, 2.24) is 4.57 Å². The fraction of sp³-hybridized carbons (Fsp3) is 0.0667. The van der Waals surface area contributed by atoms with Crippen LogP contribution in [0.15, 0.2) is 102 Å². The number of aliphatic hydroxyl groups excluding tert-OH is 5. The Bertz CT molecular complexity index is 1960. The van der Waals surface area contributed by atoms with Crippen molar-refractivity contribution in [1.29, 1.82) is 0 Å². The lowest BCUT2D eigenvalue weighted by atomic mass is 9.95. The Kier molecular flexibility index (Phi) is 4.19. The molecule has 7 rings (SSSR count). The van der Waals surface area contributed by atoms with Crippen LogP contribution in [0.2, 0.25) is 0 Å². The van der Waals surface area contributed by atoms with Crippen molar-refractivity contribution in [3.8, 4) is 0 Å². The van der Waals surface area contributed by atoms with Gasteiger partial charge >= 0.3 is 0 Å². The Morgan fingerprint density at radius 1 is 0.528 bits per heavy atom. The highest BCUT2D eigenvalue weighted by Crippen LogP contribution is 2.46. The van der Waals surface area contributed by atoms with E-state index in [0.717, 1.165) is 48.6 Å². The van der Waals surface area contributed by atoms with Crippen molar-refractivity contribution in [3.63, 3.8) is 0 Å². The minimum absolute atomic E-state index is 0.103. The molecule has 1 aliphatic rings. The second-order valence-corrected chi connectivity index (χ2v) is 9.19. The van der Waals surface area contributed by atoms with E-state index in [9.17, 15) is 25.5 Å². The third kappa shape index (κ3) is 2.52. The third-order valence-electron chi connectivity index (χ3n) is 7.34. The van der Waals surface area contributed by atoms with Crippen molar-refractivity contribution in [3.05, 3.63) is 102 Å². The van der Waals surface area contributed by atoms with Crippen molar-refractivity contribution in [2.45, 2.75) is 12.2 Å². The van der Waals surface area contributed by atoms with Crippen molar-refractivity contribution >= 4 is 59.8 Å². The summed E-state index contributed by atoms with van der Waals surface area (Å²) >= 11 is 0. The maximum absolute atomic E-state index is 11.1. The number of fused-ring (bicyclic) bond motifs is 10. The summed E-state index contributed by atoms with van der Waals surface area (Å²) in [6.07, 6.45) is -3.48. The van der Waals surface area contributed by atoms with E-state index < -0.39 is 29.5 Å². The molecule has 5 aromatic carbocycles. The Morgan fingerprint density at radius 3 is 1.83 bits per heavy atom. The van der Waals surface area contributed by atoms with Crippen LogP contribution in [0, 0.1) is 0 Å². The van der Waals surface area contributed by atoms with Crippen molar-refractivity contribution in [2.75, 3.05) is 0 Å². The SMILES string of the molecule is OC1=C(O)C(O)C(O)C(n2c3ccc4ccccc4c3c3c4ccccc4c4ccccc4c32)=C1O. The first-order chi connectivity index (χ1) is 17.5. The van der Waals surface area contributed by atoms with Gasteiger partial charge in [0.2, 0.25) is 5.76 Å². The zero-order chi connectivity index (χ0) is 24.7. The summed E-state index contributed by atoms with van der Waals surface area (Å²) in [6, 6.07) is 27.9. The monoisotopic (exact) mass is 475 g/mol. The molecule has 0 aliphatic heterocycles. The highest BCUT2D eigenvalue weighted by Gasteiger charge is 2.38. The molecule has 0 saturated carbocycles. The minimum atomic E-state index is -1.80. The number of hydrogen-bond acceptors (Lipinski definition) is 5. The summed E-state index contributed by atoms with van der Waals surface area (Å²) in [7, 11) is 0. The molecular weight excluding hydrogens is 454 g/mol. The van der Waals surface area contributed by atoms with Crippen LogP contribution in [0.1, 0.15) is 0 Å². The average molecular weight is 476 g/mol. The van der Waals surface area contributed by atoms with E-state index in [1.54, 1.807) is 4.57 Å². The van der Waals surface area contributed by atoms with E-state index in [2.05, 4.69) is 12.1 Å². The van der Waals surface area contributed by atoms with Crippen LogP contribution in [0.5, 0.6) is 0 Å². The normalized spacial score (nSPS) is 18.9. The quantitative estimate of drug-likeness (QED) is 0.186. The smallest absolute Gasteiger partial charge is 0.200 e. The number of benzene rings is 5. The number of aliphatic hydroxyl groups is 5. The fourth-order valence-corrected chi connectivity index (χ4v) is 5.75. The average Bonchev–Trinajstić information content (AvgIpc) is 3.27. The predicted octanol–water partition coefficient (Wildman–Crippen LogP) is 6.04. The van der Waals surface area contributed by atoms with Gasteiger partial charge in [-0.05, 0) is 33.0 Å². The molecular formula is C30H21NO5. The molecule has 6 heteroatoms. The van der Waals surface area contributed by atoms with Crippen LogP contribution in [0.4, 0.5) is 0 Å². The summed E-state index contributed by atoms with van der Waals surface area (Å²) in [5.41, 5.74) is 1.30. The second-order valence-electron chi connectivity index (χ2n) is 9.19. The minimum Gasteiger partial charge on any atom is -0.506 e. The van der Waals surface area contributed by atoms with Gasteiger partial charge in [-0.15, -0.1) is 0 Å². The lowest BCUT2D eigenvalue weighted by molar-refractivity contribution is 0.0345. The molecule has 2 unspecified atom stereocenters. The summed E-state index contributed by atoms with van der Waals surface area (Å²) in [5, 5.41) is 61.0. The van der Waals surface area contributed by atoms with Gasteiger partial charge in [0.15, 0.2) is 11.5 Å². The topological polar surface area (TPSA) is 106 Å². The maximum atomic E-state index is 11.1. The summed E-state index contributed by atoms with van der Waals surface area (Å²) in [5.74, 6) is -2.41. The molecule has 176 valence electrons. The van der Waals surface area contributed by atoms with Crippen LogP contribution in [0.3, 0.4) is 0 Å². The Balaban J connectivity index is 1.85. The molecule has 1 heterocycles. The molecule has 0 fully saturated rings. The van der Waals surface area contributed by atoms with Gasteiger partial charge in [0.25, 0.3) is 0 Å². The molecule has 1 aliphatic carbocycles. The van der Waals surface area contributed by atoms with E-state index in [4.69, 9.17) is 0 Å². The van der Waals surface area contributed by atoms with Crippen LogP contribution >= 0.6 is 0 Å². The lowest BCUT2D eigenvalue weighted by Crippen LogP contribution is -2.36. The summed E-state index contributed by atoms with van der Waals surface area (Å²) in [6.45, 7) is 0. The molecule has 6 aromatic rings. The fourth-order valence-electron chi connectivity index (χ4n) is 5.75. The Morgan fingerprint density at radius 2 is 1.11 bits per heavy atom. The first-order valence-corrected chi connectivity index (χ1v) is 11.7. The van der Waals surface area contributed by atoms with Crippen molar-refractivity contribution in [2.24, 2.45) is 0 Å². The molecule has 5 N–H and O–H groups in total. The summed E-state index contributed by atoms with van der Waals surface area (Å²) < 4.78 is 1.71. The van der Waals surface area contributed by atoms with Crippen LogP contribution in [-0.4, -0.2) is 42.3 Å². The number of hydrogen-bond donors (Lipinski definition) is 5. The first kappa shape index (κ1) is 20.8. The Labute approximate surface area is 204 Å². The summed E-state index contributed by atoms with van der Waals surface area (Å²) in [4.78, 5) is 0. The van der Waals surface area contributed by atoms with Gasteiger partial charge in [0.05, 0.1) is 11.0 Å². The Hall–Kier alpha value is -4.52. The molecule has 0 amide bonds. The lowest BCUT2D eigenvalue weighted by Gasteiger charge is -2.28. The van der Waals surface area contributed by atoms with Gasteiger partial charge in [0.1, 0.15) is 17.9 Å². The number of nitrogens with zero attached hydrogens (tertiary/aromatic N) is 1. The van der Waals surface area contributed by atoms with E-state index in [0.29, 0.717) is 5.52 Å². The number of aromatic nitrogens is 1. The van der Waals surface area contributed by atoms with Gasteiger partial charge < -0.3 is 30.1 Å². The molecule has 0 saturated heterocycles. The zero-order valence-electron chi connectivity index (χ0n) is 18.9. The zero-order valence-corrected chi connectivity index (χ0v) is 18.9. The molecule has 0 spiro atoms. The largest absolute Gasteiger partial charge is 0.506 e. The van der Waals surface area contributed by atoms with Gasteiger partial charge in [-0.2, -0.15) is 0 Å². The molecule has 0 bridgehead atoms. The second kappa shape index (κ2) is 7.24.